The van der Waals surface area contributed by atoms with E-state index < -0.39 is 0 Å². The minimum atomic E-state index is -0.0681. The third kappa shape index (κ3) is 1.89. The molecule has 2 fully saturated rings. The fourth-order valence-electron chi connectivity index (χ4n) is 3.46. The maximum Gasteiger partial charge on any atom is 0.309 e. The second-order valence-electron chi connectivity index (χ2n) is 6.33. The standard InChI is InChI=1S/C15H22O3/c1-9-5-4-8-15(3)13(18-15)12-11(7-6-9)10(2)14(16)17-12/h5,10-13H,4,6-8H2,1-3H3/b9-5+/t10-,11+,12+,13-,15-/m1/s1. The molecular weight excluding hydrogens is 228 g/mol. The average molecular weight is 250 g/mol. The summed E-state index contributed by atoms with van der Waals surface area (Å²) in [6, 6.07) is 0. The Morgan fingerprint density at radius 3 is 3.00 bits per heavy atom. The van der Waals surface area contributed by atoms with Gasteiger partial charge in [-0.3, -0.25) is 4.79 Å². The molecule has 3 heteroatoms. The third-order valence-corrected chi connectivity index (χ3v) is 4.93. The van der Waals surface area contributed by atoms with Crippen LogP contribution in [0.15, 0.2) is 11.6 Å². The molecule has 0 aromatic carbocycles. The zero-order chi connectivity index (χ0) is 12.9. The molecule has 0 saturated carbocycles. The highest BCUT2D eigenvalue weighted by Gasteiger charge is 2.61. The molecule has 0 amide bonds. The summed E-state index contributed by atoms with van der Waals surface area (Å²) in [6.07, 6.45) is 6.66. The summed E-state index contributed by atoms with van der Waals surface area (Å²) in [6.45, 7) is 6.33. The van der Waals surface area contributed by atoms with Crippen LogP contribution in [0.1, 0.15) is 46.5 Å². The Bertz CT molecular complexity index is 401. The second-order valence-corrected chi connectivity index (χ2v) is 6.33. The van der Waals surface area contributed by atoms with Crippen LogP contribution in [0.4, 0.5) is 0 Å². The number of fused-ring (bicyclic) bond motifs is 3. The molecule has 18 heavy (non-hydrogen) atoms. The molecule has 0 bridgehead atoms. The van der Waals surface area contributed by atoms with Crippen molar-refractivity contribution in [1.82, 2.24) is 0 Å². The van der Waals surface area contributed by atoms with Crippen LogP contribution >= 0.6 is 0 Å². The molecule has 2 saturated heterocycles. The summed E-state index contributed by atoms with van der Waals surface area (Å²) in [7, 11) is 0. The van der Waals surface area contributed by atoms with Crippen LogP contribution < -0.4 is 0 Å². The summed E-state index contributed by atoms with van der Waals surface area (Å²) in [5, 5.41) is 0. The van der Waals surface area contributed by atoms with Crippen molar-refractivity contribution in [3.63, 3.8) is 0 Å². The van der Waals surface area contributed by atoms with Gasteiger partial charge >= 0.3 is 5.97 Å². The molecule has 0 spiro atoms. The van der Waals surface area contributed by atoms with E-state index in [2.05, 4.69) is 19.9 Å². The van der Waals surface area contributed by atoms with Gasteiger partial charge in [0.1, 0.15) is 12.2 Å². The number of hydrogen-bond donors (Lipinski definition) is 0. The molecule has 0 aromatic rings. The Kier molecular flexibility index (Phi) is 2.77. The van der Waals surface area contributed by atoms with Gasteiger partial charge in [-0.15, -0.1) is 0 Å². The highest BCUT2D eigenvalue weighted by molar-refractivity contribution is 5.75. The van der Waals surface area contributed by atoms with E-state index >= 15 is 0 Å². The van der Waals surface area contributed by atoms with Crippen molar-refractivity contribution in [2.45, 2.75) is 64.3 Å². The highest BCUT2D eigenvalue weighted by atomic mass is 16.6. The Morgan fingerprint density at radius 2 is 2.22 bits per heavy atom. The van der Waals surface area contributed by atoms with Gasteiger partial charge in [0.25, 0.3) is 0 Å². The molecule has 3 nitrogen and oxygen atoms in total. The fourth-order valence-corrected chi connectivity index (χ4v) is 3.46. The van der Waals surface area contributed by atoms with Crippen LogP contribution in [-0.4, -0.2) is 23.8 Å². The maximum absolute atomic E-state index is 11.8. The number of carbonyl (C=O) groups is 1. The number of hydrogen-bond acceptors (Lipinski definition) is 3. The molecule has 2 aliphatic heterocycles. The lowest BCUT2D eigenvalue weighted by molar-refractivity contribution is -0.144. The Labute approximate surface area is 109 Å². The van der Waals surface area contributed by atoms with Crippen molar-refractivity contribution in [2.75, 3.05) is 0 Å². The molecule has 3 aliphatic rings. The summed E-state index contributed by atoms with van der Waals surface area (Å²) in [5.74, 6) is 0.310. The number of rotatable bonds is 0. The van der Waals surface area contributed by atoms with Crippen molar-refractivity contribution in [3.05, 3.63) is 11.6 Å². The highest BCUT2D eigenvalue weighted by Crippen LogP contribution is 2.50. The van der Waals surface area contributed by atoms with Crippen LogP contribution in [-0.2, 0) is 14.3 Å². The first kappa shape index (κ1) is 12.2. The molecule has 100 valence electrons. The average Bonchev–Trinajstić information content (AvgIpc) is 2.90. The van der Waals surface area contributed by atoms with Gasteiger partial charge in [-0.1, -0.05) is 18.6 Å². The van der Waals surface area contributed by atoms with E-state index in [1.54, 1.807) is 0 Å². The van der Waals surface area contributed by atoms with E-state index in [0.29, 0.717) is 5.92 Å². The van der Waals surface area contributed by atoms with Crippen molar-refractivity contribution in [2.24, 2.45) is 11.8 Å². The van der Waals surface area contributed by atoms with E-state index in [4.69, 9.17) is 9.47 Å². The van der Waals surface area contributed by atoms with Crippen LogP contribution in [0.2, 0.25) is 0 Å². The molecule has 1 aliphatic carbocycles. The van der Waals surface area contributed by atoms with Gasteiger partial charge in [0.05, 0.1) is 11.5 Å². The van der Waals surface area contributed by atoms with Crippen LogP contribution in [0.5, 0.6) is 0 Å². The largest absolute Gasteiger partial charge is 0.459 e. The van der Waals surface area contributed by atoms with Gasteiger partial charge < -0.3 is 9.47 Å². The quantitative estimate of drug-likeness (QED) is 0.377. The monoisotopic (exact) mass is 250 g/mol. The van der Waals surface area contributed by atoms with Gasteiger partial charge in [0.2, 0.25) is 0 Å². The zero-order valence-electron chi connectivity index (χ0n) is 11.4. The number of allylic oxidation sites excluding steroid dienone is 2. The number of ether oxygens (including phenoxy) is 2. The Morgan fingerprint density at radius 1 is 1.44 bits per heavy atom. The fraction of sp³-hybridized carbons (Fsp3) is 0.800. The summed E-state index contributed by atoms with van der Waals surface area (Å²) in [5.41, 5.74) is 1.37. The second kappa shape index (κ2) is 4.09. The van der Waals surface area contributed by atoms with Gasteiger partial charge in [-0.25, -0.2) is 0 Å². The normalized spacial score (nSPS) is 50.6. The first-order valence-corrected chi connectivity index (χ1v) is 7.05. The molecule has 0 radical (unpaired) electrons. The lowest BCUT2D eigenvalue weighted by Gasteiger charge is -2.20. The van der Waals surface area contributed by atoms with Crippen LogP contribution in [0.3, 0.4) is 0 Å². The molecule has 5 atom stereocenters. The van der Waals surface area contributed by atoms with Gasteiger partial charge in [-0.05, 0) is 39.5 Å². The van der Waals surface area contributed by atoms with E-state index in [1.807, 2.05) is 6.92 Å². The summed E-state index contributed by atoms with van der Waals surface area (Å²) >= 11 is 0. The topological polar surface area (TPSA) is 38.8 Å². The van der Waals surface area contributed by atoms with E-state index in [0.717, 1.165) is 25.7 Å². The molecule has 2 heterocycles. The van der Waals surface area contributed by atoms with E-state index in [9.17, 15) is 4.79 Å². The predicted molar refractivity (Wildman–Crippen MR) is 68.0 cm³/mol. The lowest BCUT2D eigenvalue weighted by atomic mass is 9.81. The number of carbonyl (C=O) groups excluding carboxylic acids is 1. The molecule has 3 rings (SSSR count). The van der Waals surface area contributed by atoms with Crippen molar-refractivity contribution in [3.8, 4) is 0 Å². The predicted octanol–water partition coefficient (Wildman–Crippen LogP) is 2.84. The number of epoxide rings is 1. The minimum Gasteiger partial charge on any atom is -0.459 e. The zero-order valence-corrected chi connectivity index (χ0v) is 11.4. The van der Waals surface area contributed by atoms with E-state index in [1.165, 1.54) is 5.57 Å². The van der Waals surface area contributed by atoms with Crippen molar-refractivity contribution >= 4 is 5.97 Å². The minimum absolute atomic E-state index is 0.0107. The maximum atomic E-state index is 11.8. The molecule has 0 aromatic heterocycles. The van der Waals surface area contributed by atoms with Crippen molar-refractivity contribution < 1.29 is 14.3 Å². The Balaban J connectivity index is 1.85. The SMILES string of the molecule is C/C1=C\CC[C@@]2(C)O[C@@H]2[C@H]2OC(=O)[C@H](C)[C@@H]2CC1. The molecule has 0 unspecified atom stereocenters. The van der Waals surface area contributed by atoms with Crippen molar-refractivity contribution in [1.29, 1.82) is 0 Å². The Hall–Kier alpha value is -0.830. The first-order chi connectivity index (χ1) is 8.51. The smallest absolute Gasteiger partial charge is 0.309 e. The van der Waals surface area contributed by atoms with Gasteiger partial charge in [0, 0.05) is 5.92 Å². The molecular formula is C15H22O3. The van der Waals surface area contributed by atoms with Crippen LogP contribution in [0, 0.1) is 11.8 Å². The summed E-state index contributed by atoms with van der Waals surface area (Å²) < 4.78 is 11.5. The van der Waals surface area contributed by atoms with E-state index in [-0.39, 0.29) is 29.7 Å². The van der Waals surface area contributed by atoms with Crippen LogP contribution in [0.25, 0.3) is 0 Å². The molecule has 0 N–H and O–H groups in total. The first-order valence-electron chi connectivity index (χ1n) is 7.05. The van der Waals surface area contributed by atoms with Gasteiger partial charge in [-0.2, -0.15) is 0 Å². The number of esters is 1. The third-order valence-electron chi connectivity index (χ3n) is 4.93. The lowest BCUT2D eigenvalue weighted by Crippen LogP contribution is -2.29. The summed E-state index contributed by atoms with van der Waals surface area (Å²) in [4.78, 5) is 11.8. The van der Waals surface area contributed by atoms with Gasteiger partial charge in [0.15, 0.2) is 0 Å².